The maximum atomic E-state index is 13.6. The predicted octanol–water partition coefficient (Wildman–Crippen LogP) is 5.01. The van der Waals surface area contributed by atoms with E-state index in [4.69, 9.17) is 11.6 Å². The van der Waals surface area contributed by atoms with Crippen molar-refractivity contribution in [1.29, 1.82) is 0 Å². The average molecular weight is 424 g/mol. The molecule has 150 valence electrons. The number of hydrogen-bond donors (Lipinski definition) is 1. The van der Waals surface area contributed by atoms with Crippen LogP contribution in [0.4, 0.5) is 32.2 Å². The first-order valence-corrected chi connectivity index (χ1v) is 8.05. The molecule has 0 spiro atoms. The lowest BCUT2D eigenvalue weighted by Crippen LogP contribution is -2.09. The topological polar surface area (TPSA) is 47.7 Å². The lowest BCUT2D eigenvalue weighted by molar-refractivity contribution is -0.140. The second-order valence-corrected chi connectivity index (χ2v) is 6.24. The summed E-state index contributed by atoms with van der Waals surface area (Å²) in [5.41, 5.74) is -3.47. The number of aryl methyl sites for hydroxylation is 1. The summed E-state index contributed by atoms with van der Waals surface area (Å²) in [5.74, 6) is -0.122. The maximum absolute atomic E-state index is 13.6. The summed E-state index contributed by atoms with van der Waals surface area (Å²) in [6.45, 7) is 0. The molecule has 0 aliphatic carbocycles. The molecule has 3 aromatic rings. The Morgan fingerprint density at radius 3 is 2.18 bits per heavy atom. The van der Waals surface area contributed by atoms with Crippen LogP contribution in [-0.2, 0) is 19.4 Å². The summed E-state index contributed by atoms with van der Waals surface area (Å²) < 4.78 is 82.5. The van der Waals surface area contributed by atoms with E-state index < -0.39 is 29.2 Å². The zero-order valence-electron chi connectivity index (χ0n) is 14.3. The first-order chi connectivity index (χ1) is 12.9. The van der Waals surface area contributed by atoms with Gasteiger partial charge in [-0.15, -0.1) is 0 Å². The van der Waals surface area contributed by atoms with Crippen molar-refractivity contribution in [3.8, 4) is 16.9 Å². The van der Waals surface area contributed by atoms with E-state index in [-0.39, 0.29) is 22.2 Å². The van der Waals surface area contributed by atoms with E-state index >= 15 is 0 Å². The molecule has 0 saturated heterocycles. The third-order valence-electron chi connectivity index (χ3n) is 3.82. The number of benzene rings is 1. The molecular formula is C16H12ClF6N5. The Kier molecular flexibility index (Phi) is 4.82. The van der Waals surface area contributed by atoms with Crippen LogP contribution in [0.15, 0.2) is 30.5 Å². The van der Waals surface area contributed by atoms with E-state index in [9.17, 15) is 26.3 Å². The summed E-state index contributed by atoms with van der Waals surface area (Å²) in [5, 5.41) is 9.77. The molecular weight excluding hydrogens is 412 g/mol. The molecule has 28 heavy (non-hydrogen) atoms. The van der Waals surface area contributed by atoms with Crippen LogP contribution in [0, 0.1) is 0 Å². The molecule has 0 aliphatic rings. The van der Waals surface area contributed by atoms with Gasteiger partial charge in [-0.05, 0) is 23.8 Å². The predicted molar refractivity (Wildman–Crippen MR) is 90.3 cm³/mol. The fourth-order valence-electron chi connectivity index (χ4n) is 2.70. The lowest BCUT2D eigenvalue weighted by atomic mass is 10.0. The van der Waals surface area contributed by atoms with Crippen LogP contribution < -0.4 is 5.32 Å². The Morgan fingerprint density at radius 2 is 1.68 bits per heavy atom. The van der Waals surface area contributed by atoms with Gasteiger partial charge in [-0.2, -0.15) is 41.2 Å². The number of anilines is 1. The second kappa shape index (κ2) is 6.73. The number of rotatable bonds is 3. The van der Waals surface area contributed by atoms with Gasteiger partial charge in [0.15, 0.2) is 11.5 Å². The highest BCUT2D eigenvalue weighted by molar-refractivity contribution is 6.31. The van der Waals surface area contributed by atoms with Crippen molar-refractivity contribution in [3.63, 3.8) is 0 Å². The van der Waals surface area contributed by atoms with E-state index in [0.29, 0.717) is 12.1 Å². The van der Waals surface area contributed by atoms with Crippen LogP contribution >= 0.6 is 11.6 Å². The highest BCUT2D eigenvalue weighted by Gasteiger charge is 2.41. The Morgan fingerprint density at radius 1 is 1.00 bits per heavy atom. The number of nitrogens with one attached hydrogen (secondary N) is 1. The minimum Gasteiger partial charge on any atom is -0.372 e. The van der Waals surface area contributed by atoms with Gasteiger partial charge >= 0.3 is 12.4 Å². The van der Waals surface area contributed by atoms with Gasteiger partial charge in [0, 0.05) is 31.4 Å². The van der Waals surface area contributed by atoms with Crippen molar-refractivity contribution < 1.29 is 26.3 Å². The Bertz CT molecular complexity index is 1020. The standard InChI is InChI=1S/C16H12ClF6N5/c1-24-14-12(8-5-9(15(18,19)20)7-10(17)6-8)13(16(21,22)23)26-28(14)11-3-4-27(2)25-11/h3-7,24H,1-2H3. The number of hydrogen-bond acceptors (Lipinski definition) is 3. The number of halogens is 7. The SMILES string of the molecule is CNc1c(-c2cc(Cl)cc(C(F)(F)F)c2)c(C(F)(F)F)nn1-c1ccn(C)n1. The first-order valence-electron chi connectivity index (χ1n) is 7.68. The third-order valence-corrected chi connectivity index (χ3v) is 4.04. The van der Waals surface area contributed by atoms with Gasteiger partial charge in [-0.3, -0.25) is 4.68 Å². The monoisotopic (exact) mass is 423 g/mol. The lowest BCUT2D eigenvalue weighted by Gasteiger charge is -2.13. The van der Waals surface area contributed by atoms with Crippen molar-refractivity contribution in [1.82, 2.24) is 19.6 Å². The summed E-state index contributed by atoms with van der Waals surface area (Å²) in [6, 6.07) is 3.67. The number of aromatic nitrogens is 4. The Labute approximate surface area is 159 Å². The quantitative estimate of drug-likeness (QED) is 0.603. The van der Waals surface area contributed by atoms with Gasteiger partial charge in [0.2, 0.25) is 0 Å². The molecule has 0 amide bonds. The first kappa shape index (κ1) is 20.1. The number of nitrogens with zero attached hydrogens (tertiary/aromatic N) is 4. The highest BCUT2D eigenvalue weighted by atomic mass is 35.5. The van der Waals surface area contributed by atoms with Gasteiger partial charge in [0.1, 0.15) is 5.82 Å². The van der Waals surface area contributed by atoms with Crippen molar-refractivity contribution >= 4 is 17.4 Å². The molecule has 0 aliphatic heterocycles. The van der Waals surface area contributed by atoms with Crippen LogP contribution in [0.5, 0.6) is 0 Å². The van der Waals surface area contributed by atoms with Crippen LogP contribution in [0.1, 0.15) is 11.3 Å². The Hall–Kier alpha value is -2.69. The fraction of sp³-hybridized carbons (Fsp3) is 0.250. The fourth-order valence-corrected chi connectivity index (χ4v) is 2.94. The molecule has 1 N–H and O–H groups in total. The molecule has 2 heterocycles. The van der Waals surface area contributed by atoms with E-state index in [2.05, 4.69) is 15.5 Å². The molecule has 3 rings (SSSR count). The molecule has 0 atom stereocenters. The van der Waals surface area contributed by atoms with Crippen molar-refractivity contribution in [2.24, 2.45) is 7.05 Å². The van der Waals surface area contributed by atoms with Gasteiger partial charge in [0.25, 0.3) is 0 Å². The molecule has 5 nitrogen and oxygen atoms in total. The van der Waals surface area contributed by atoms with Gasteiger partial charge < -0.3 is 5.32 Å². The van der Waals surface area contributed by atoms with Gasteiger partial charge in [0.05, 0.1) is 11.1 Å². The molecule has 1 aromatic carbocycles. The molecule has 2 aromatic heterocycles. The second-order valence-electron chi connectivity index (χ2n) is 5.81. The molecule has 0 bridgehead atoms. The zero-order valence-corrected chi connectivity index (χ0v) is 15.1. The van der Waals surface area contributed by atoms with Crippen molar-refractivity contribution in [2.75, 3.05) is 12.4 Å². The molecule has 0 unspecified atom stereocenters. The van der Waals surface area contributed by atoms with Gasteiger partial charge in [-0.1, -0.05) is 11.6 Å². The van der Waals surface area contributed by atoms with Crippen LogP contribution in [0.3, 0.4) is 0 Å². The van der Waals surface area contributed by atoms with E-state index in [0.717, 1.165) is 10.7 Å². The van der Waals surface area contributed by atoms with Crippen LogP contribution in [0.2, 0.25) is 5.02 Å². The summed E-state index contributed by atoms with van der Waals surface area (Å²) >= 11 is 5.75. The summed E-state index contributed by atoms with van der Waals surface area (Å²) in [7, 11) is 2.89. The van der Waals surface area contributed by atoms with E-state index in [1.54, 1.807) is 7.05 Å². The summed E-state index contributed by atoms with van der Waals surface area (Å²) in [6.07, 6.45) is -8.22. The van der Waals surface area contributed by atoms with Crippen molar-refractivity contribution in [2.45, 2.75) is 12.4 Å². The van der Waals surface area contributed by atoms with E-state index in [1.807, 2.05) is 0 Å². The zero-order chi connectivity index (χ0) is 20.9. The van der Waals surface area contributed by atoms with Crippen LogP contribution in [-0.4, -0.2) is 26.6 Å². The smallest absolute Gasteiger partial charge is 0.372 e. The molecule has 0 fully saturated rings. The summed E-state index contributed by atoms with van der Waals surface area (Å²) in [4.78, 5) is 0. The molecule has 12 heteroatoms. The van der Waals surface area contributed by atoms with Gasteiger partial charge in [-0.25, -0.2) is 0 Å². The maximum Gasteiger partial charge on any atom is 0.435 e. The largest absolute Gasteiger partial charge is 0.435 e. The van der Waals surface area contributed by atoms with Crippen LogP contribution in [0.25, 0.3) is 16.9 Å². The average Bonchev–Trinajstić information content (AvgIpc) is 3.16. The minimum absolute atomic E-state index is 0.0571. The minimum atomic E-state index is -4.93. The molecule has 0 saturated carbocycles. The third kappa shape index (κ3) is 3.66. The molecule has 0 radical (unpaired) electrons. The Balaban J connectivity index is 2.34. The number of alkyl halides is 6. The van der Waals surface area contributed by atoms with E-state index in [1.165, 1.54) is 24.0 Å². The highest BCUT2D eigenvalue weighted by Crippen LogP contribution is 2.44. The normalized spacial score (nSPS) is 12.5. The van der Waals surface area contributed by atoms with Crippen molar-refractivity contribution in [3.05, 3.63) is 46.7 Å².